The molecule has 102 valence electrons. The molecule has 0 spiro atoms. The van der Waals surface area contributed by atoms with Crippen LogP contribution in [-0.4, -0.2) is 14.9 Å². The van der Waals surface area contributed by atoms with E-state index < -0.39 is 17.2 Å². The van der Waals surface area contributed by atoms with Crippen molar-refractivity contribution in [3.8, 4) is 0 Å². The maximum Gasteiger partial charge on any atom is 0.164 e. The molecular formula is C14H16F2N2O. The first-order chi connectivity index (χ1) is 8.81. The van der Waals surface area contributed by atoms with Crippen LogP contribution in [0.3, 0.4) is 0 Å². The molecule has 5 heteroatoms. The van der Waals surface area contributed by atoms with Gasteiger partial charge in [-0.25, -0.2) is 8.78 Å². The van der Waals surface area contributed by atoms with Gasteiger partial charge in [0.05, 0.1) is 11.3 Å². The van der Waals surface area contributed by atoms with Crippen molar-refractivity contribution in [1.29, 1.82) is 0 Å². The van der Waals surface area contributed by atoms with Crippen LogP contribution in [0, 0.1) is 18.6 Å². The summed E-state index contributed by atoms with van der Waals surface area (Å²) in [5.41, 5.74) is 0.0254. The Hall–Kier alpha value is -1.75. The zero-order chi connectivity index (χ0) is 14.2. The highest BCUT2D eigenvalue weighted by Crippen LogP contribution is 2.28. The number of benzene rings is 1. The van der Waals surface area contributed by atoms with Crippen LogP contribution in [0.5, 0.6) is 0 Å². The molecule has 1 N–H and O–H groups in total. The highest BCUT2D eigenvalue weighted by molar-refractivity contribution is 5.27. The molecule has 0 radical (unpaired) electrons. The van der Waals surface area contributed by atoms with Gasteiger partial charge in [-0.3, -0.25) is 4.68 Å². The first kappa shape index (κ1) is 13.7. The smallest absolute Gasteiger partial charge is 0.164 e. The summed E-state index contributed by atoms with van der Waals surface area (Å²) in [7, 11) is 1.75. The zero-order valence-corrected chi connectivity index (χ0v) is 11.1. The molecular weight excluding hydrogens is 250 g/mol. The maximum atomic E-state index is 13.7. The highest BCUT2D eigenvalue weighted by Gasteiger charge is 2.29. The topological polar surface area (TPSA) is 38.0 Å². The third-order valence-corrected chi connectivity index (χ3v) is 3.16. The van der Waals surface area contributed by atoms with E-state index in [2.05, 4.69) is 5.10 Å². The van der Waals surface area contributed by atoms with Crippen LogP contribution < -0.4 is 0 Å². The molecule has 3 nitrogen and oxygen atoms in total. The summed E-state index contributed by atoms with van der Waals surface area (Å²) < 4.78 is 28.6. The fraction of sp³-hybridized carbons (Fsp3) is 0.357. The zero-order valence-electron chi connectivity index (χ0n) is 11.1. The number of hydrogen-bond acceptors (Lipinski definition) is 2. The average Bonchev–Trinajstić information content (AvgIpc) is 2.60. The molecule has 0 bridgehead atoms. The van der Waals surface area contributed by atoms with E-state index >= 15 is 0 Å². The summed E-state index contributed by atoms with van der Waals surface area (Å²) in [6.07, 6.45) is 0.157. The summed E-state index contributed by atoms with van der Waals surface area (Å²) in [5, 5.41) is 14.6. The number of halogens is 2. The summed E-state index contributed by atoms with van der Waals surface area (Å²) in [5.74, 6) is -1.97. The maximum absolute atomic E-state index is 13.7. The lowest BCUT2D eigenvalue weighted by Crippen LogP contribution is -2.27. The van der Waals surface area contributed by atoms with E-state index in [0.717, 1.165) is 17.5 Å². The number of aromatic nitrogens is 2. The third-order valence-electron chi connectivity index (χ3n) is 3.16. The minimum Gasteiger partial charge on any atom is -0.385 e. The van der Waals surface area contributed by atoms with E-state index in [1.54, 1.807) is 11.7 Å². The van der Waals surface area contributed by atoms with Gasteiger partial charge in [-0.15, -0.1) is 0 Å². The van der Waals surface area contributed by atoms with Crippen molar-refractivity contribution in [1.82, 2.24) is 9.78 Å². The van der Waals surface area contributed by atoms with Gasteiger partial charge in [0.1, 0.15) is 0 Å². The second kappa shape index (κ2) is 4.74. The minimum atomic E-state index is -1.49. The fourth-order valence-electron chi connectivity index (χ4n) is 2.20. The van der Waals surface area contributed by atoms with E-state index in [1.165, 1.54) is 19.1 Å². The Bertz CT molecular complexity index is 605. The molecule has 0 aliphatic rings. The molecule has 2 aromatic rings. The van der Waals surface area contributed by atoms with Crippen molar-refractivity contribution in [2.45, 2.75) is 25.9 Å². The lowest BCUT2D eigenvalue weighted by Gasteiger charge is -2.24. The van der Waals surface area contributed by atoms with Crippen LogP contribution in [0.4, 0.5) is 8.78 Å². The van der Waals surface area contributed by atoms with Crippen LogP contribution in [0.25, 0.3) is 0 Å². The van der Waals surface area contributed by atoms with Crippen LogP contribution >= 0.6 is 0 Å². The van der Waals surface area contributed by atoms with Gasteiger partial charge in [0, 0.05) is 24.7 Å². The molecule has 2 rings (SSSR count). The van der Waals surface area contributed by atoms with E-state index in [0.29, 0.717) is 0 Å². The average molecular weight is 266 g/mol. The van der Waals surface area contributed by atoms with Crippen LogP contribution in [0.15, 0.2) is 24.3 Å². The van der Waals surface area contributed by atoms with Gasteiger partial charge in [-0.05, 0) is 26.0 Å². The monoisotopic (exact) mass is 266 g/mol. The quantitative estimate of drug-likeness (QED) is 0.926. The van der Waals surface area contributed by atoms with E-state index in [9.17, 15) is 13.9 Å². The van der Waals surface area contributed by atoms with Gasteiger partial charge in [0.2, 0.25) is 0 Å². The van der Waals surface area contributed by atoms with Crippen LogP contribution in [-0.2, 0) is 19.1 Å². The Balaban J connectivity index is 2.37. The van der Waals surface area contributed by atoms with E-state index in [-0.39, 0.29) is 12.0 Å². The Morgan fingerprint density at radius 3 is 2.63 bits per heavy atom. The van der Waals surface area contributed by atoms with Gasteiger partial charge in [0.25, 0.3) is 0 Å². The summed E-state index contributed by atoms with van der Waals surface area (Å²) in [4.78, 5) is 0. The second-order valence-electron chi connectivity index (χ2n) is 4.95. The number of nitrogens with zero attached hydrogens (tertiary/aromatic N) is 2. The molecule has 0 saturated heterocycles. The predicted molar refractivity (Wildman–Crippen MR) is 67.6 cm³/mol. The Labute approximate surface area is 110 Å². The Morgan fingerprint density at radius 2 is 2.05 bits per heavy atom. The molecule has 0 saturated carbocycles. The number of rotatable bonds is 3. The molecule has 0 aliphatic carbocycles. The van der Waals surface area contributed by atoms with Gasteiger partial charge < -0.3 is 5.11 Å². The SMILES string of the molecule is Cc1cc(CC(C)(O)c2cccc(F)c2F)n(C)n1. The second-order valence-corrected chi connectivity index (χ2v) is 4.95. The van der Waals surface area contributed by atoms with Gasteiger partial charge in [0.15, 0.2) is 11.6 Å². The summed E-state index contributed by atoms with van der Waals surface area (Å²) in [6, 6.07) is 5.62. The standard InChI is InChI=1S/C14H16F2N2O/c1-9-7-10(18(3)17-9)8-14(2,19)11-5-4-6-12(15)13(11)16/h4-7,19H,8H2,1-3H3. The Kier molecular flexibility index (Phi) is 3.41. The number of aliphatic hydroxyl groups is 1. The van der Waals surface area contributed by atoms with E-state index in [1.807, 2.05) is 13.0 Å². The predicted octanol–water partition coefficient (Wildman–Crippen LogP) is 2.46. The van der Waals surface area contributed by atoms with Crippen molar-refractivity contribution in [3.05, 3.63) is 52.9 Å². The molecule has 1 aromatic carbocycles. The molecule has 0 fully saturated rings. The molecule has 1 aromatic heterocycles. The summed E-state index contributed by atoms with van der Waals surface area (Å²) >= 11 is 0. The lowest BCUT2D eigenvalue weighted by atomic mass is 9.90. The first-order valence-electron chi connectivity index (χ1n) is 5.97. The lowest BCUT2D eigenvalue weighted by molar-refractivity contribution is 0.0510. The van der Waals surface area contributed by atoms with Crippen molar-refractivity contribution < 1.29 is 13.9 Å². The highest BCUT2D eigenvalue weighted by atomic mass is 19.2. The van der Waals surface area contributed by atoms with Crippen molar-refractivity contribution in [2.75, 3.05) is 0 Å². The number of aryl methyl sites for hydroxylation is 2. The molecule has 1 atom stereocenters. The van der Waals surface area contributed by atoms with Gasteiger partial charge in [-0.2, -0.15) is 5.10 Å². The fourth-order valence-corrected chi connectivity index (χ4v) is 2.20. The first-order valence-corrected chi connectivity index (χ1v) is 5.97. The van der Waals surface area contributed by atoms with Crippen molar-refractivity contribution in [3.63, 3.8) is 0 Å². The van der Waals surface area contributed by atoms with Crippen LogP contribution in [0.1, 0.15) is 23.9 Å². The van der Waals surface area contributed by atoms with Gasteiger partial charge >= 0.3 is 0 Å². The van der Waals surface area contributed by atoms with Crippen molar-refractivity contribution in [2.24, 2.45) is 7.05 Å². The van der Waals surface area contributed by atoms with Crippen LogP contribution in [0.2, 0.25) is 0 Å². The largest absolute Gasteiger partial charge is 0.385 e. The van der Waals surface area contributed by atoms with Crippen molar-refractivity contribution >= 4 is 0 Å². The van der Waals surface area contributed by atoms with Gasteiger partial charge in [-0.1, -0.05) is 12.1 Å². The molecule has 19 heavy (non-hydrogen) atoms. The molecule has 0 aliphatic heterocycles. The molecule has 1 unspecified atom stereocenters. The minimum absolute atomic E-state index is 0.0497. The third kappa shape index (κ3) is 2.66. The normalized spacial score (nSPS) is 14.4. The Morgan fingerprint density at radius 1 is 1.37 bits per heavy atom. The summed E-state index contributed by atoms with van der Waals surface area (Å²) in [6.45, 7) is 3.30. The number of hydrogen-bond donors (Lipinski definition) is 1. The molecule has 1 heterocycles. The molecule has 0 amide bonds. The van der Waals surface area contributed by atoms with E-state index in [4.69, 9.17) is 0 Å².